The smallest absolute Gasteiger partial charge is 0.254 e. The van der Waals surface area contributed by atoms with Crippen LogP contribution in [0.1, 0.15) is 58.9 Å². The summed E-state index contributed by atoms with van der Waals surface area (Å²) < 4.78 is 46.3. The first-order valence-electron chi connectivity index (χ1n) is 11.6. The average molecular weight is 521 g/mol. The number of anilines is 1. The summed E-state index contributed by atoms with van der Waals surface area (Å²) in [7, 11) is -3.50. The van der Waals surface area contributed by atoms with Gasteiger partial charge in [0.05, 0.1) is 47.7 Å². The van der Waals surface area contributed by atoms with Crippen molar-refractivity contribution in [1.29, 1.82) is 0 Å². The number of aromatic nitrogens is 4. The lowest BCUT2D eigenvalue weighted by molar-refractivity contribution is 0.0946. The van der Waals surface area contributed by atoms with Gasteiger partial charge in [-0.2, -0.15) is 0 Å². The van der Waals surface area contributed by atoms with Gasteiger partial charge >= 0.3 is 0 Å². The highest BCUT2D eigenvalue weighted by Gasteiger charge is 2.36. The molecule has 0 radical (unpaired) electrons. The fourth-order valence-electron chi connectivity index (χ4n) is 2.96. The molecule has 0 spiro atoms. The van der Waals surface area contributed by atoms with Crippen molar-refractivity contribution in [3.63, 3.8) is 0 Å². The molecule has 0 saturated heterocycles. The molecule has 3 aromatic rings. The molecule has 4 rings (SSSR count). The van der Waals surface area contributed by atoms with Crippen LogP contribution in [0.4, 0.5) is 10.3 Å². The van der Waals surface area contributed by atoms with Crippen molar-refractivity contribution in [3.05, 3.63) is 59.9 Å². The predicted octanol–water partition coefficient (Wildman–Crippen LogP) is 4.21. The van der Waals surface area contributed by atoms with Crippen LogP contribution in [0.15, 0.2) is 42.9 Å². The maximum atomic E-state index is 14.6. The van der Waals surface area contributed by atoms with Crippen molar-refractivity contribution in [2.75, 3.05) is 11.3 Å². The molecule has 1 fully saturated rings. The second-order valence-electron chi connectivity index (χ2n) is 7.98. The number of carbonyl (C=O) groups is 1. The van der Waals surface area contributed by atoms with Crippen molar-refractivity contribution in [2.45, 2.75) is 51.8 Å². The monoisotopic (exact) mass is 520 g/mol. The highest BCUT2D eigenvalue weighted by atomic mass is 32.2. The van der Waals surface area contributed by atoms with Gasteiger partial charge < -0.3 is 10.1 Å². The SMILES string of the molecule is CCC.CCOc1cncc(-c2ccc(C(=O)NCc3ccnc(NS(=O)(=O)C4CC4)n3)c(F)c2)n1.[HH].[HH]. The van der Waals surface area contributed by atoms with Gasteiger partial charge in [0.15, 0.2) is 0 Å². The quantitative estimate of drug-likeness (QED) is 0.428. The van der Waals surface area contributed by atoms with E-state index in [9.17, 15) is 17.6 Å². The van der Waals surface area contributed by atoms with Crippen LogP contribution in [-0.4, -0.2) is 46.1 Å². The van der Waals surface area contributed by atoms with Gasteiger partial charge in [-0.3, -0.25) is 14.5 Å². The second kappa shape index (κ2) is 12.3. The number of benzene rings is 1. The third kappa shape index (κ3) is 7.41. The fraction of sp³-hybridized carbons (Fsp3) is 0.375. The van der Waals surface area contributed by atoms with E-state index in [4.69, 9.17) is 4.74 Å². The molecular weight excluding hydrogens is 487 g/mol. The first kappa shape index (κ1) is 26.9. The van der Waals surface area contributed by atoms with Gasteiger partial charge in [0.2, 0.25) is 21.9 Å². The number of sulfonamides is 1. The number of rotatable bonds is 9. The number of carbonyl (C=O) groups excluding carboxylic acids is 1. The summed E-state index contributed by atoms with van der Waals surface area (Å²) in [4.78, 5) is 28.8. The van der Waals surface area contributed by atoms with Gasteiger partial charge in [0.25, 0.3) is 5.91 Å². The standard InChI is InChI=1S/C21H21FN6O4S.C3H8.2H2/c1-2-32-19-12-23-11-18(27-19)13-3-6-16(17(22)9-13)20(29)25-10-14-7-8-24-21(26-14)28-33(30,31)15-4-5-15;1-3-2;;/h3,6-9,11-12,15H,2,4-5,10H2,1H3,(H,25,29)(H,24,26,28);3H2,1-2H3;2*1H. The Labute approximate surface area is 212 Å². The third-order valence-corrected chi connectivity index (χ3v) is 6.57. The molecule has 2 N–H and O–H groups in total. The first-order valence-corrected chi connectivity index (χ1v) is 13.2. The van der Waals surface area contributed by atoms with E-state index in [1.54, 1.807) is 6.07 Å². The first-order chi connectivity index (χ1) is 17.3. The number of hydrogen-bond donors (Lipinski definition) is 2. The number of halogens is 1. The maximum Gasteiger partial charge on any atom is 0.254 e. The van der Waals surface area contributed by atoms with Gasteiger partial charge in [-0.25, -0.2) is 27.8 Å². The molecule has 2 aromatic heterocycles. The molecule has 12 heteroatoms. The normalized spacial score (nSPS) is 12.8. The lowest BCUT2D eigenvalue weighted by Crippen LogP contribution is -2.25. The van der Waals surface area contributed by atoms with E-state index >= 15 is 0 Å². The summed E-state index contributed by atoms with van der Waals surface area (Å²) >= 11 is 0. The molecule has 196 valence electrons. The number of nitrogens with zero attached hydrogens (tertiary/aromatic N) is 4. The van der Waals surface area contributed by atoms with E-state index in [2.05, 4.69) is 43.8 Å². The Morgan fingerprint density at radius 1 is 1.17 bits per heavy atom. The summed E-state index contributed by atoms with van der Waals surface area (Å²) in [5.74, 6) is -1.12. The van der Waals surface area contributed by atoms with Gasteiger partial charge in [-0.05, 0) is 38.0 Å². The fourth-order valence-corrected chi connectivity index (χ4v) is 4.24. The molecule has 1 amide bonds. The molecule has 36 heavy (non-hydrogen) atoms. The van der Waals surface area contributed by atoms with Crippen LogP contribution < -0.4 is 14.8 Å². The summed E-state index contributed by atoms with van der Waals surface area (Å²) in [5, 5.41) is 2.16. The molecule has 0 bridgehead atoms. The molecule has 0 aliphatic heterocycles. The summed E-state index contributed by atoms with van der Waals surface area (Å²) in [6, 6.07) is 5.64. The van der Waals surface area contributed by atoms with Crippen LogP contribution in [0.3, 0.4) is 0 Å². The molecule has 2 heterocycles. The minimum absolute atomic E-state index is 0. The summed E-state index contributed by atoms with van der Waals surface area (Å²) in [5.41, 5.74) is 1.07. The van der Waals surface area contributed by atoms with Gasteiger partial charge in [-0.1, -0.05) is 26.3 Å². The van der Waals surface area contributed by atoms with Crippen molar-refractivity contribution in [3.8, 4) is 17.1 Å². The zero-order chi connectivity index (χ0) is 26.1. The van der Waals surface area contributed by atoms with E-state index in [1.807, 2.05) is 6.92 Å². The minimum Gasteiger partial charge on any atom is -0.477 e. The average Bonchev–Trinajstić information content (AvgIpc) is 3.70. The van der Waals surface area contributed by atoms with Gasteiger partial charge in [-0.15, -0.1) is 0 Å². The number of ether oxygens (including phenoxy) is 1. The lowest BCUT2D eigenvalue weighted by Gasteiger charge is -2.09. The van der Waals surface area contributed by atoms with E-state index in [0.717, 1.165) is 0 Å². The predicted molar refractivity (Wildman–Crippen MR) is 138 cm³/mol. The largest absolute Gasteiger partial charge is 0.477 e. The van der Waals surface area contributed by atoms with Crippen LogP contribution in [-0.2, 0) is 16.6 Å². The zero-order valence-corrected chi connectivity index (χ0v) is 21.2. The van der Waals surface area contributed by atoms with E-state index in [-0.39, 0.29) is 20.9 Å². The van der Waals surface area contributed by atoms with Crippen LogP contribution in [0.25, 0.3) is 11.3 Å². The van der Waals surface area contributed by atoms with Crippen molar-refractivity contribution in [2.24, 2.45) is 0 Å². The molecule has 1 aliphatic carbocycles. The van der Waals surface area contributed by atoms with Gasteiger partial charge in [0, 0.05) is 14.6 Å². The van der Waals surface area contributed by atoms with Crippen LogP contribution in [0.2, 0.25) is 0 Å². The molecular formula is C24H33FN6O4S. The Morgan fingerprint density at radius 3 is 2.58 bits per heavy atom. The second-order valence-corrected chi connectivity index (χ2v) is 9.94. The number of hydrogen-bond acceptors (Lipinski definition) is 8. The van der Waals surface area contributed by atoms with Gasteiger partial charge in [0.1, 0.15) is 5.82 Å². The Bertz CT molecular complexity index is 1310. The highest BCUT2D eigenvalue weighted by molar-refractivity contribution is 7.93. The van der Waals surface area contributed by atoms with E-state index in [0.29, 0.717) is 42.3 Å². The van der Waals surface area contributed by atoms with Crippen LogP contribution in [0, 0.1) is 5.82 Å². The maximum absolute atomic E-state index is 14.6. The third-order valence-electron chi connectivity index (χ3n) is 4.75. The molecule has 0 unspecified atom stereocenters. The molecule has 1 aliphatic rings. The van der Waals surface area contributed by atoms with Crippen LogP contribution in [0.5, 0.6) is 5.88 Å². The van der Waals surface area contributed by atoms with Crippen LogP contribution >= 0.6 is 0 Å². The minimum atomic E-state index is -3.50. The number of nitrogens with one attached hydrogen (secondary N) is 2. The molecule has 1 aromatic carbocycles. The number of amides is 1. The Morgan fingerprint density at radius 2 is 1.92 bits per heavy atom. The van der Waals surface area contributed by atoms with Crippen molar-refractivity contribution in [1.82, 2.24) is 25.3 Å². The lowest BCUT2D eigenvalue weighted by atomic mass is 10.1. The Kier molecular flexibility index (Phi) is 9.23. The summed E-state index contributed by atoms with van der Waals surface area (Å²) in [6.45, 7) is 6.45. The summed E-state index contributed by atoms with van der Waals surface area (Å²) in [6.07, 6.45) is 6.79. The Hall–Kier alpha value is -3.67. The van der Waals surface area contributed by atoms with Crippen molar-refractivity contribution >= 4 is 21.9 Å². The molecule has 0 atom stereocenters. The molecule has 1 saturated carbocycles. The highest BCUT2D eigenvalue weighted by Crippen LogP contribution is 2.29. The van der Waals surface area contributed by atoms with E-state index < -0.39 is 27.0 Å². The topological polar surface area (TPSA) is 136 Å². The van der Waals surface area contributed by atoms with E-state index in [1.165, 1.54) is 43.2 Å². The van der Waals surface area contributed by atoms with Crippen molar-refractivity contribution < 1.29 is 25.2 Å². The molecule has 10 nitrogen and oxygen atoms in total. The Balaban J connectivity index is 0.00000138. The zero-order valence-electron chi connectivity index (χ0n) is 20.4.